The van der Waals surface area contributed by atoms with Crippen molar-refractivity contribution < 1.29 is 9.53 Å². The molecule has 0 aliphatic heterocycles. The van der Waals surface area contributed by atoms with Gasteiger partial charge in [-0.25, -0.2) is 0 Å². The molecule has 0 spiro atoms. The Balaban J connectivity index is 2.81. The molecular formula is C14H22N2O2. The molecule has 4 nitrogen and oxygen atoms in total. The van der Waals surface area contributed by atoms with Crippen molar-refractivity contribution in [2.45, 2.75) is 39.2 Å². The number of amides is 1. The molecule has 0 saturated heterocycles. The zero-order chi connectivity index (χ0) is 13.6. The summed E-state index contributed by atoms with van der Waals surface area (Å²) in [6.45, 7) is 6.21. The summed E-state index contributed by atoms with van der Waals surface area (Å²) in [6.07, 6.45) is 1.52. The lowest BCUT2D eigenvalue weighted by molar-refractivity contribution is -0.120. The number of anilines is 1. The second kappa shape index (κ2) is 6.40. The van der Waals surface area contributed by atoms with E-state index in [1.165, 1.54) is 0 Å². The van der Waals surface area contributed by atoms with Crippen LogP contribution in [0.4, 0.5) is 5.69 Å². The van der Waals surface area contributed by atoms with E-state index in [2.05, 4.69) is 5.32 Å². The number of benzene rings is 1. The predicted molar refractivity (Wildman–Crippen MR) is 73.7 cm³/mol. The van der Waals surface area contributed by atoms with Crippen molar-refractivity contribution in [3.63, 3.8) is 0 Å². The van der Waals surface area contributed by atoms with Crippen molar-refractivity contribution in [1.82, 2.24) is 0 Å². The van der Waals surface area contributed by atoms with Gasteiger partial charge in [0.25, 0.3) is 0 Å². The van der Waals surface area contributed by atoms with E-state index in [0.29, 0.717) is 24.5 Å². The lowest BCUT2D eigenvalue weighted by Gasteiger charge is -2.23. The number of hydrogen-bond acceptors (Lipinski definition) is 3. The van der Waals surface area contributed by atoms with Crippen molar-refractivity contribution in [3.8, 4) is 5.75 Å². The van der Waals surface area contributed by atoms with Gasteiger partial charge >= 0.3 is 0 Å². The summed E-state index contributed by atoms with van der Waals surface area (Å²) in [4.78, 5) is 12.1. The number of rotatable bonds is 6. The van der Waals surface area contributed by atoms with Crippen LogP contribution in [0.25, 0.3) is 0 Å². The zero-order valence-electron chi connectivity index (χ0n) is 11.3. The first-order chi connectivity index (χ1) is 8.51. The largest absolute Gasteiger partial charge is 0.492 e. The van der Waals surface area contributed by atoms with E-state index in [-0.39, 0.29) is 5.91 Å². The molecule has 100 valence electrons. The summed E-state index contributed by atoms with van der Waals surface area (Å²) < 4.78 is 5.45. The van der Waals surface area contributed by atoms with E-state index >= 15 is 0 Å². The van der Waals surface area contributed by atoms with Crippen molar-refractivity contribution in [3.05, 3.63) is 24.3 Å². The molecule has 1 unspecified atom stereocenters. The third-order valence-corrected chi connectivity index (χ3v) is 2.72. The summed E-state index contributed by atoms with van der Waals surface area (Å²) in [5.74, 6) is 0.483. The van der Waals surface area contributed by atoms with Gasteiger partial charge < -0.3 is 15.8 Å². The van der Waals surface area contributed by atoms with Gasteiger partial charge in [0.15, 0.2) is 0 Å². The molecule has 1 aromatic carbocycles. The Morgan fingerprint density at radius 2 is 2.06 bits per heavy atom. The Morgan fingerprint density at radius 1 is 1.39 bits per heavy atom. The van der Waals surface area contributed by atoms with Crippen LogP contribution in [-0.4, -0.2) is 18.1 Å². The molecule has 1 amide bonds. The molecule has 3 N–H and O–H groups in total. The number of hydrogen-bond donors (Lipinski definition) is 2. The van der Waals surface area contributed by atoms with Gasteiger partial charge in [-0.2, -0.15) is 0 Å². The van der Waals surface area contributed by atoms with Crippen LogP contribution < -0.4 is 15.8 Å². The fourth-order valence-corrected chi connectivity index (χ4v) is 1.75. The second-order valence-corrected chi connectivity index (χ2v) is 4.55. The highest BCUT2D eigenvalue weighted by Crippen LogP contribution is 2.25. The maximum absolute atomic E-state index is 12.1. The highest BCUT2D eigenvalue weighted by Gasteiger charge is 2.27. The zero-order valence-corrected chi connectivity index (χ0v) is 11.3. The lowest BCUT2D eigenvalue weighted by atomic mass is 9.96. The fraction of sp³-hybridized carbons (Fsp3) is 0.500. The van der Waals surface area contributed by atoms with Crippen LogP contribution in [0.3, 0.4) is 0 Å². The molecule has 1 rings (SSSR count). The van der Waals surface area contributed by atoms with Crippen LogP contribution in [-0.2, 0) is 4.79 Å². The first-order valence-corrected chi connectivity index (χ1v) is 6.33. The Bertz CT molecular complexity index is 403. The molecular weight excluding hydrogens is 228 g/mol. The molecule has 0 radical (unpaired) electrons. The molecule has 18 heavy (non-hydrogen) atoms. The maximum atomic E-state index is 12.1. The van der Waals surface area contributed by atoms with Gasteiger partial charge in [0.1, 0.15) is 5.75 Å². The second-order valence-electron chi connectivity index (χ2n) is 4.55. The molecule has 1 atom stereocenters. The molecule has 1 aromatic rings. The predicted octanol–water partition coefficient (Wildman–Crippen LogP) is 2.54. The van der Waals surface area contributed by atoms with Crippen molar-refractivity contribution >= 4 is 11.6 Å². The number of ether oxygens (including phenoxy) is 1. The number of nitrogens with one attached hydrogen (secondary N) is 1. The molecule has 0 heterocycles. The number of nitrogens with two attached hydrogens (primary N) is 1. The van der Waals surface area contributed by atoms with Crippen LogP contribution >= 0.6 is 0 Å². The first kappa shape index (κ1) is 14.5. The molecule has 0 saturated carbocycles. The van der Waals surface area contributed by atoms with Crippen LogP contribution in [0.1, 0.15) is 33.6 Å². The summed E-state index contributed by atoms with van der Waals surface area (Å²) >= 11 is 0. The number of para-hydroxylation sites is 2. The maximum Gasteiger partial charge on any atom is 0.244 e. The van der Waals surface area contributed by atoms with Gasteiger partial charge in [0.2, 0.25) is 5.91 Å². The minimum absolute atomic E-state index is 0.184. The van der Waals surface area contributed by atoms with E-state index in [1.807, 2.05) is 38.1 Å². The Hall–Kier alpha value is -1.55. The van der Waals surface area contributed by atoms with Crippen molar-refractivity contribution in [1.29, 1.82) is 0 Å². The monoisotopic (exact) mass is 250 g/mol. The summed E-state index contributed by atoms with van der Waals surface area (Å²) in [5, 5.41) is 2.83. The molecule has 0 aromatic heterocycles. The van der Waals surface area contributed by atoms with Gasteiger partial charge in [0.05, 0.1) is 17.8 Å². The van der Waals surface area contributed by atoms with Crippen molar-refractivity contribution in [2.75, 3.05) is 11.9 Å². The molecule has 0 bridgehead atoms. The minimum Gasteiger partial charge on any atom is -0.492 e. The van der Waals surface area contributed by atoms with Crippen LogP contribution in [0.2, 0.25) is 0 Å². The average molecular weight is 250 g/mol. The van der Waals surface area contributed by atoms with Gasteiger partial charge in [-0.15, -0.1) is 0 Å². The Labute approximate surface area is 109 Å². The summed E-state index contributed by atoms with van der Waals surface area (Å²) in [6, 6.07) is 7.36. The van der Waals surface area contributed by atoms with Gasteiger partial charge in [-0.3, -0.25) is 4.79 Å². The molecule has 4 heteroatoms. The fourth-order valence-electron chi connectivity index (χ4n) is 1.75. The number of carbonyl (C=O) groups is 1. The highest BCUT2D eigenvalue weighted by molar-refractivity contribution is 5.98. The van der Waals surface area contributed by atoms with Gasteiger partial charge in [-0.05, 0) is 32.4 Å². The van der Waals surface area contributed by atoms with E-state index in [4.69, 9.17) is 10.5 Å². The topological polar surface area (TPSA) is 64.4 Å². The summed E-state index contributed by atoms with van der Waals surface area (Å²) in [5.41, 5.74) is 5.80. The standard InChI is InChI=1S/C14H22N2O2/c1-4-10-14(3,15)13(17)16-11-8-6-7-9-12(11)18-5-2/h6-9H,4-5,10,15H2,1-3H3,(H,16,17). The van der Waals surface area contributed by atoms with Gasteiger partial charge in [-0.1, -0.05) is 25.5 Å². The van der Waals surface area contributed by atoms with E-state index in [0.717, 1.165) is 6.42 Å². The van der Waals surface area contributed by atoms with Crippen molar-refractivity contribution in [2.24, 2.45) is 5.73 Å². The quantitative estimate of drug-likeness (QED) is 0.815. The highest BCUT2D eigenvalue weighted by atomic mass is 16.5. The summed E-state index contributed by atoms with van der Waals surface area (Å²) in [7, 11) is 0. The normalized spacial score (nSPS) is 13.8. The third-order valence-electron chi connectivity index (χ3n) is 2.72. The van der Waals surface area contributed by atoms with Gasteiger partial charge in [0, 0.05) is 0 Å². The van der Waals surface area contributed by atoms with E-state index < -0.39 is 5.54 Å². The number of carbonyl (C=O) groups excluding carboxylic acids is 1. The Kier molecular flexibility index (Phi) is 5.16. The first-order valence-electron chi connectivity index (χ1n) is 6.33. The van der Waals surface area contributed by atoms with Crippen LogP contribution in [0.5, 0.6) is 5.75 Å². The molecule has 0 aliphatic carbocycles. The van der Waals surface area contributed by atoms with Crippen LogP contribution in [0.15, 0.2) is 24.3 Å². The van der Waals surface area contributed by atoms with E-state index in [1.54, 1.807) is 6.92 Å². The SMILES string of the molecule is CCCC(C)(N)C(=O)Nc1ccccc1OCC. The minimum atomic E-state index is -0.853. The third kappa shape index (κ3) is 3.74. The van der Waals surface area contributed by atoms with Crippen LogP contribution in [0, 0.1) is 0 Å². The molecule has 0 aliphatic rings. The lowest BCUT2D eigenvalue weighted by Crippen LogP contribution is -2.48. The Morgan fingerprint density at radius 3 is 2.67 bits per heavy atom. The smallest absolute Gasteiger partial charge is 0.244 e. The average Bonchev–Trinajstić information content (AvgIpc) is 2.32. The van der Waals surface area contributed by atoms with E-state index in [9.17, 15) is 4.79 Å². The molecule has 0 fully saturated rings.